The summed E-state index contributed by atoms with van der Waals surface area (Å²) in [5, 5.41) is 0. The Kier molecular flexibility index (Phi) is 7.72. The van der Waals surface area contributed by atoms with Crippen molar-refractivity contribution in [2.24, 2.45) is 0 Å². The molecule has 0 aliphatic carbocycles. The van der Waals surface area contributed by atoms with E-state index in [0.29, 0.717) is 26.2 Å². The first kappa shape index (κ1) is 21.0. The number of benzene rings is 1. The van der Waals surface area contributed by atoms with Gasteiger partial charge in [0, 0.05) is 30.3 Å². The summed E-state index contributed by atoms with van der Waals surface area (Å²) in [6, 6.07) is 13.5. The molecular formula is C22H24N2O4S. The Labute approximate surface area is 174 Å². The average Bonchev–Trinajstić information content (AvgIpc) is 3.23. The third kappa shape index (κ3) is 6.10. The Bertz CT molecular complexity index is 897. The number of carbonyl (C=O) groups excluding carboxylic acids is 1. The van der Waals surface area contributed by atoms with Gasteiger partial charge in [-0.3, -0.25) is 0 Å². The molecule has 0 amide bonds. The van der Waals surface area contributed by atoms with Gasteiger partial charge in [-0.1, -0.05) is 12.1 Å². The molecule has 0 bridgehead atoms. The van der Waals surface area contributed by atoms with E-state index in [2.05, 4.69) is 9.97 Å². The molecule has 1 aromatic carbocycles. The third-order valence-corrected chi connectivity index (χ3v) is 5.15. The van der Waals surface area contributed by atoms with Gasteiger partial charge in [-0.2, -0.15) is 0 Å². The van der Waals surface area contributed by atoms with Crippen LogP contribution in [0.3, 0.4) is 0 Å². The molecule has 29 heavy (non-hydrogen) atoms. The highest BCUT2D eigenvalue weighted by Crippen LogP contribution is 2.26. The van der Waals surface area contributed by atoms with Crippen molar-refractivity contribution in [3.8, 4) is 16.5 Å². The zero-order chi connectivity index (χ0) is 20.5. The van der Waals surface area contributed by atoms with E-state index in [4.69, 9.17) is 14.2 Å². The molecule has 0 fully saturated rings. The van der Waals surface area contributed by atoms with Gasteiger partial charge in [0.25, 0.3) is 0 Å². The molecule has 0 aliphatic rings. The van der Waals surface area contributed by atoms with E-state index < -0.39 is 6.10 Å². The van der Waals surface area contributed by atoms with E-state index in [1.54, 1.807) is 36.7 Å². The van der Waals surface area contributed by atoms with Crippen molar-refractivity contribution >= 4 is 17.3 Å². The van der Waals surface area contributed by atoms with Crippen LogP contribution in [0, 0.1) is 0 Å². The monoisotopic (exact) mass is 412 g/mol. The van der Waals surface area contributed by atoms with Crippen LogP contribution in [-0.4, -0.2) is 35.3 Å². The summed E-state index contributed by atoms with van der Waals surface area (Å²) in [4.78, 5) is 22.6. The summed E-state index contributed by atoms with van der Waals surface area (Å²) in [5.74, 6) is 1.16. The lowest BCUT2D eigenvalue weighted by molar-refractivity contribution is -0.156. The van der Waals surface area contributed by atoms with Gasteiger partial charge in [0.05, 0.1) is 11.5 Å². The number of nitrogens with zero attached hydrogens (tertiary/aromatic N) is 2. The van der Waals surface area contributed by atoms with Crippen molar-refractivity contribution in [1.82, 2.24) is 9.97 Å². The molecule has 0 saturated carbocycles. The number of hydrogen-bond donors (Lipinski definition) is 0. The third-order valence-electron chi connectivity index (χ3n) is 4.09. The predicted molar refractivity (Wildman–Crippen MR) is 112 cm³/mol. The van der Waals surface area contributed by atoms with Crippen LogP contribution in [0.2, 0.25) is 0 Å². The molecule has 3 rings (SSSR count). The molecule has 3 aromatic rings. The van der Waals surface area contributed by atoms with Crippen LogP contribution < -0.4 is 4.74 Å². The van der Waals surface area contributed by atoms with Crippen LogP contribution in [0.15, 0.2) is 54.9 Å². The summed E-state index contributed by atoms with van der Waals surface area (Å²) < 4.78 is 16.5. The maximum atomic E-state index is 12.0. The van der Waals surface area contributed by atoms with Crippen LogP contribution >= 0.6 is 11.3 Å². The summed E-state index contributed by atoms with van der Waals surface area (Å²) >= 11 is 1.61. The molecule has 1 atom stereocenters. The number of hydrogen-bond acceptors (Lipinski definition) is 7. The largest absolute Gasteiger partial charge is 0.488 e. The summed E-state index contributed by atoms with van der Waals surface area (Å²) in [6.07, 6.45) is 3.35. The molecule has 0 N–H and O–H groups in total. The van der Waals surface area contributed by atoms with E-state index in [-0.39, 0.29) is 5.97 Å². The molecule has 0 spiro atoms. The van der Waals surface area contributed by atoms with Crippen molar-refractivity contribution in [2.45, 2.75) is 33.0 Å². The lowest BCUT2D eigenvalue weighted by Crippen LogP contribution is -2.28. The van der Waals surface area contributed by atoms with E-state index in [9.17, 15) is 4.79 Å². The summed E-state index contributed by atoms with van der Waals surface area (Å²) in [7, 11) is 0. The van der Waals surface area contributed by atoms with Crippen molar-refractivity contribution in [2.75, 3.05) is 13.2 Å². The number of esters is 1. The van der Waals surface area contributed by atoms with Gasteiger partial charge < -0.3 is 14.2 Å². The molecule has 7 heteroatoms. The fourth-order valence-corrected chi connectivity index (χ4v) is 3.61. The highest BCUT2D eigenvalue weighted by Gasteiger charge is 2.20. The molecule has 0 radical (unpaired) electrons. The number of rotatable bonds is 10. The zero-order valence-corrected chi connectivity index (χ0v) is 17.4. The van der Waals surface area contributed by atoms with Gasteiger partial charge in [0.1, 0.15) is 12.4 Å². The van der Waals surface area contributed by atoms with Crippen LogP contribution in [0.25, 0.3) is 10.7 Å². The fourth-order valence-electron chi connectivity index (χ4n) is 2.74. The number of aromatic nitrogens is 2. The predicted octanol–water partition coefficient (Wildman–Crippen LogP) is 4.29. The van der Waals surface area contributed by atoms with Crippen LogP contribution in [0.5, 0.6) is 5.75 Å². The highest BCUT2D eigenvalue weighted by atomic mass is 32.1. The molecule has 2 heterocycles. The zero-order valence-electron chi connectivity index (χ0n) is 16.5. The Morgan fingerprint density at radius 3 is 2.48 bits per heavy atom. The number of thiophene rings is 1. The topological polar surface area (TPSA) is 70.5 Å². The van der Waals surface area contributed by atoms with E-state index in [1.165, 1.54) is 0 Å². The van der Waals surface area contributed by atoms with Crippen molar-refractivity contribution < 1.29 is 19.0 Å². The first-order chi connectivity index (χ1) is 14.2. The summed E-state index contributed by atoms with van der Waals surface area (Å²) in [6.45, 7) is 4.93. The quantitative estimate of drug-likeness (QED) is 0.463. The van der Waals surface area contributed by atoms with Gasteiger partial charge >= 0.3 is 5.97 Å². The van der Waals surface area contributed by atoms with Gasteiger partial charge in [-0.15, -0.1) is 11.3 Å². The molecule has 0 aliphatic heterocycles. The number of ether oxygens (including phenoxy) is 3. The van der Waals surface area contributed by atoms with Crippen LogP contribution in [0.1, 0.15) is 24.3 Å². The Hall–Kier alpha value is -2.77. The van der Waals surface area contributed by atoms with Crippen molar-refractivity contribution in [3.05, 3.63) is 65.3 Å². The van der Waals surface area contributed by atoms with Crippen molar-refractivity contribution in [3.63, 3.8) is 0 Å². The smallest absolute Gasteiger partial charge is 0.335 e. The Morgan fingerprint density at radius 2 is 1.79 bits per heavy atom. The Balaban J connectivity index is 1.55. The molecule has 152 valence electrons. The van der Waals surface area contributed by atoms with Crippen LogP contribution in [-0.2, 0) is 27.3 Å². The van der Waals surface area contributed by atoms with Gasteiger partial charge in [0.2, 0.25) is 0 Å². The normalized spacial score (nSPS) is 11.8. The minimum atomic E-state index is -0.587. The van der Waals surface area contributed by atoms with Gasteiger partial charge in [0.15, 0.2) is 11.9 Å². The number of carbonyl (C=O) groups is 1. The molecule has 0 saturated heterocycles. The first-order valence-corrected chi connectivity index (χ1v) is 10.4. The van der Waals surface area contributed by atoms with Crippen LogP contribution in [0.4, 0.5) is 0 Å². The minimum absolute atomic E-state index is 0.328. The average molecular weight is 413 g/mol. The first-order valence-electron chi connectivity index (χ1n) is 9.55. The Morgan fingerprint density at radius 1 is 1.03 bits per heavy atom. The maximum Gasteiger partial charge on any atom is 0.335 e. The van der Waals surface area contributed by atoms with E-state index >= 15 is 0 Å². The summed E-state index contributed by atoms with van der Waals surface area (Å²) in [5.41, 5.74) is 0.989. The fraction of sp³-hybridized carbons (Fsp3) is 0.318. The maximum absolute atomic E-state index is 12.0. The molecule has 2 aromatic heterocycles. The van der Waals surface area contributed by atoms with Crippen molar-refractivity contribution in [1.29, 1.82) is 0 Å². The second kappa shape index (κ2) is 10.7. The lowest BCUT2D eigenvalue weighted by Gasteiger charge is -2.15. The molecular weight excluding hydrogens is 388 g/mol. The second-order valence-electron chi connectivity index (χ2n) is 6.17. The lowest BCUT2D eigenvalue weighted by atomic mass is 10.1. The second-order valence-corrected chi connectivity index (χ2v) is 7.34. The van der Waals surface area contributed by atoms with Gasteiger partial charge in [-0.25, -0.2) is 14.8 Å². The van der Waals surface area contributed by atoms with E-state index in [1.807, 2.05) is 43.3 Å². The van der Waals surface area contributed by atoms with E-state index in [0.717, 1.165) is 26.9 Å². The minimum Gasteiger partial charge on any atom is -0.488 e. The highest BCUT2D eigenvalue weighted by molar-refractivity contribution is 7.15. The molecule has 1 unspecified atom stereocenters. The SMILES string of the molecule is CCOC(=O)C(Cc1ccc(OCc2ccc(-c3ncccn3)s2)cc1)OCC. The standard InChI is InChI=1S/C22H24N2O4S/c1-3-26-19(22(25)27-4-2)14-16-6-8-17(9-7-16)28-15-18-10-11-20(29-18)21-23-12-5-13-24-21/h5-13,19H,3-4,14-15H2,1-2H3. The van der Waals surface area contributed by atoms with Gasteiger partial charge in [-0.05, 0) is 49.7 Å². The molecule has 6 nitrogen and oxygen atoms in total.